The van der Waals surface area contributed by atoms with Gasteiger partial charge in [0.05, 0.1) is 0 Å². The summed E-state index contributed by atoms with van der Waals surface area (Å²) >= 11 is 0. The number of likely N-dealkylation sites (tertiary alicyclic amines) is 2. The SMILES string of the molecule is CN1CCC2(C1)CN(C(=O)C1(F)CCC1)C2. The largest absolute Gasteiger partial charge is 0.339 e. The molecule has 2 saturated heterocycles. The van der Waals surface area contributed by atoms with Gasteiger partial charge in [-0.25, -0.2) is 4.39 Å². The number of hydrogen-bond donors (Lipinski definition) is 0. The molecule has 0 aromatic rings. The smallest absolute Gasteiger partial charge is 0.260 e. The van der Waals surface area contributed by atoms with Gasteiger partial charge in [0.15, 0.2) is 5.67 Å². The standard InChI is InChI=1S/C12H19FN2O/c1-14-6-5-11(7-14)8-15(9-11)10(16)12(13)3-2-4-12/h2-9H2,1H3. The molecule has 1 saturated carbocycles. The molecule has 3 rings (SSSR count). The third-order valence-electron chi connectivity index (χ3n) is 4.50. The fraction of sp³-hybridized carbons (Fsp3) is 0.917. The summed E-state index contributed by atoms with van der Waals surface area (Å²) in [6.45, 7) is 3.74. The first-order chi connectivity index (χ1) is 7.53. The van der Waals surface area contributed by atoms with Crippen LogP contribution >= 0.6 is 0 Å². The number of carbonyl (C=O) groups is 1. The van der Waals surface area contributed by atoms with Crippen molar-refractivity contribution in [2.24, 2.45) is 5.41 Å². The third kappa shape index (κ3) is 1.39. The van der Waals surface area contributed by atoms with Crippen LogP contribution in [0, 0.1) is 5.41 Å². The second-order valence-electron chi connectivity index (χ2n) is 5.97. The summed E-state index contributed by atoms with van der Waals surface area (Å²) in [4.78, 5) is 15.9. The van der Waals surface area contributed by atoms with Crippen LogP contribution in [0.4, 0.5) is 4.39 Å². The number of halogens is 1. The van der Waals surface area contributed by atoms with E-state index < -0.39 is 5.67 Å². The molecule has 2 aliphatic heterocycles. The van der Waals surface area contributed by atoms with Crippen LogP contribution in [-0.4, -0.2) is 54.6 Å². The average Bonchev–Trinajstić information content (AvgIpc) is 2.53. The highest BCUT2D eigenvalue weighted by Crippen LogP contribution is 2.44. The molecule has 0 bridgehead atoms. The normalized spacial score (nSPS) is 31.2. The van der Waals surface area contributed by atoms with E-state index in [9.17, 15) is 9.18 Å². The fourth-order valence-electron chi connectivity index (χ4n) is 3.31. The van der Waals surface area contributed by atoms with Gasteiger partial charge in [0.25, 0.3) is 5.91 Å². The van der Waals surface area contributed by atoms with Gasteiger partial charge in [0.1, 0.15) is 0 Å². The van der Waals surface area contributed by atoms with E-state index >= 15 is 0 Å². The number of nitrogens with zero attached hydrogens (tertiary/aromatic N) is 2. The minimum atomic E-state index is -1.49. The Bertz CT molecular complexity index is 321. The van der Waals surface area contributed by atoms with Gasteiger partial charge in [-0.2, -0.15) is 0 Å². The average molecular weight is 226 g/mol. The fourth-order valence-corrected chi connectivity index (χ4v) is 3.31. The van der Waals surface area contributed by atoms with Crippen molar-refractivity contribution in [3.05, 3.63) is 0 Å². The molecular weight excluding hydrogens is 207 g/mol. The van der Waals surface area contributed by atoms with Crippen LogP contribution < -0.4 is 0 Å². The van der Waals surface area contributed by atoms with Crippen LogP contribution in [0.15, 0.2) is 0 Å². The summed E-state index contributed by atoms with van der Waals surface area (Å²) < 4.78 is 13.9. The second-order valence-corrected chi connectivity index (χ2v) is 5.97. The van der Waals surface area contributed by atoms with E-state index in [0.717, 1.165) is 39.0 Å². The molecule has 16 heavy (non-hydrogen) atoms. The van der Waals surface area contributed by atoms with Crippen LogP contribution in [0.25, 0.3) is 0 Å². The molecular formula is C12H19FN2O. The molecule has 1 spiro atoms. The first kappa shape index (κ1) is 10.5. The van der Waals surface area contributed by atoms with Gasteiger partial charge in [-0.3, -0.25) is 4.79 Å². The Morgan fingerprint density at radius 3 is 2.31 bits per heavy atom. The van der Waals surface area contributed by atoms with Gasteiger partial charge < -0.3 is 9.80 Å². The van der Waals surface area contributed by atoms with Crippen LogP contribution in [0.5, 0.6) is 0 Å². The van der Waals surface area contributed by atoms with Crippen LogP contribution in [0.1, 0.15) is 25.7 Å². The number of rotatable bonds is 1. The summed E-state index contributed by atoms with van der Waals surface area (Å²) in [6, 6.07) is 0. The Morgan fingerprint density at radius 1 is 1.19 bits per heavy atom. The van der Waals surface area contributed by atoms with E-state index in [1.54, 1.807) is 4.90 Å². The van der Waals surface area contributed by atoms with Crippen molar-refractivity contribution in [1.29, 1.82) is 0 Å². The van der Waals surface area contributed by atoms with Crippen LogP contribution in [-0.2, 0) is 4.79 Å². The van der Waals surface area contributed by atoms with Gasteiger partial charge in [-0.15, -0.1) is 0 Å². The molecule has 3 fully saturated rings. The number of amides is 1. The maximum absolute atomic E-state index is 13.9. The highest BCUT2D eigenvalue weighted by Gasteiger charge is 2.54. The summed E-state index contributed by atoms with van der Waals surface area (Å²) in [5.41, 5.74) is -1.20. The summed E-state index contributed by atoms with van der Waals surface area (Å²) in [7, 11) is 2.11. The first-order valence-corrected chi connectivity index (χ1v) is 6.20. The monoisotopic (exact) mass is 226 g/mol. The lowest BCUT2D eigenvalue weighted by molar-refractivity contribution is -0.161. The topological polar surface area (TPSA) is 23.6 Å². The molecule has 0 unspecified atom stereocenters. The Balaban J connectivity index is 1.59. The van der Waals surface area contributed by atoms with Gasteiger partial charge in [0, 0.05) is 25.0 Å². The minimum absolute atomic E-state index is 0.237. The summed E-state index contributed by atoms with van der Waals surface area (Å²) in [5.74, 6) is -0.237. The molecule has 0 atom stereocenters. The molecule has 3 nitrogen and oxygen atoms in total. The third-order valence-corrected chi connectivity index (χ3v) is 4.50. The maximum Gasteiger partial charge on any atom is 0.260 e. The number of carbonyl (C=O) groups excluding carboxylic acids is 1. The number of hydrogen-bond acceptors (Lipinski definition) is 2. The molecule has 0 N–H and O–H groups in total. The van der Waals surface area contributed by atoms with E-state index in [0.29, 0.717) is 18.3 Å². The second kappa shape index (κ2) is 3.19. The van der Waals surface area contributed by atoms with E-state index in [1.165, 1.54) is 0 Å². The Kier molecular flexibility index (Phi) is 2.09. The summed E-state index contributed by atoms with van der Waals surface area (Å²) in [5, 5.41) is 0. The molecule has 90 valence electrons. The lowest BCUT2D eigenvalue weighted by atomic mass is 9.75. The van der Waals surface area contributed by atoms with Crippen molar-refractivity contribution in [2.45, 2.75) is 31.4 Å². The molecule has 1 amide bonds. The molecule has 0 aromatic heterocycles. The zero-order valence-corrected chi connectivity index (χ0v) is 9.84. The summed E-state index contributed by atoms with van der Waals surface area (Å²) in [6.07, 6.45) is 2.90. The molecule has 4 heteroatoms. The zero-order valence-electron chi connectivity index (χ0n) is 9.84. The van der Waals surface area contributed by atoms with Crippen molar-refractivity contribution in [1.82, 2.24) is 9.80 Å². The molecule has 0 radical (unpaired) electrons. The molecule has 1 aliphatic carbocycles. The Labute approximate surface area is 95.6 Å². The van der Waals surface area contributed by atoms with Crippen molar-refractivity contribution >= 4 is 5.91 Å². The quantitative estimate of drug-likeness (QED) is 0.667. The minimum Gasteiger partial charge on any atom is -0.339 e. The van der Waals surface area contributed by atoms with Crippen molar-refractivity contribution in [3.63, 3.8) is 0 Å². The van der Waals surface area contributed by atoms with Crippen LogP contribution in [0.2, 0.25) is 0 Å². The van der Waals surface area contributed by atoms with Gasteiger partial charge in [0.2, 0.25) is 0 Å². The molecule has 3 aliphatic rings. The lowest BCUT2D eigenvalue weighted by Crippen LogP contribution is -2.64. The van der Waals surface area contributed by atoms with Crippen molar-refractivity contribution < 1.29 is 9.18 Å². The van der Waals surface area contributed by atoms with Gasteiger partial charge in [-0.1, -0.05) is 0 Å². The predicted molar refractivity (Wildman–Crippen MR) is 58.8 cm³/mol. The highest BCUT2D eigenvalue weighted by atomic mass is 19.1. The van der Waals surface area contributed by atoms with Crippen molar-refractivity contribution in [3.8, 4) is 0 Å². The van der Waals surface area contributed by atoms with E-state index in [2.05, 4.69) is 11.9 Å². The Morgan fingerprint density at radius 2 is 1.88 bits per heavy atom. The molecule has 0 aromatic carbocycles. The molecule has 2 heterocycles. The predicted octanol–water partition coefficient (Wildman–Crippen LogP) is 1.04. The highest BCUT2D eigenvalue weighted by molar-refractivity contribution is 5.87. The van der Waals surface area contributed by atoms with E-state index in [4.69, 9.17) is 0 Å². The first-order valence-electron chi connectivity index (χ1n) is 6.20. The maximum atomic E-state index is 13.9. The van der Waals surface area contributed by atoms with Crippen LogP contribution in [0.3, 0.4) is 0 Å². The van der Waals surface area contributed by atoms with E-state index in [-0.39, 0.29) is 5.91 Å². The van der Waals surface area contributed by atoms with Gasteiger partial charge in [-0.05, 0) is 39.3 Å². The van der Waals surface area contributed by atoms with Crippen molar-refractivity contribution in [2.75, 3.05) is 33.2 Å². The zero-order chi connectivity index (χ0) is 11.4. The van der Waals surface area contributed by atoms with E-state index in [1.807, 2.05) is 0 Å². The lowest BCUT2D eigenvalue weighted by Gasteiger charge is -2.51. The number of alkyl halides is 1. The van der Waals surface area contributed by atoms with Gasteiger partial charge >= 0.3 is 0 Å². The Hall–Kier alpha value is -0.640.